The summed E-state index contributed by atoms with van der Waals surface area (Å²) in [5.74, 6) is -0.0931. The van der Waals surface area contributed by atoms with Gasteiger partial charge in [-0.1, -0.05) is 0 Å². The van der Waals surface area contributed by atoms with Gasteiger partial charge in [-0.2, -0.15) is 5.10 Å². The van der Waals surface area contributed by atoms with Crippen molar-refractivity contribution >= 4 is 12.0 Å². The van der Waals surface area contributed by atoms with E-state index in [9.17, 15) is 9.59 Å². The normalized spacial score (nSPS) is 20.3. The van der Waals surface area contributed by atoms with Crippen LogP contribution in [0.5, 0.6) is 0 Å². The van der Waals surface area contributed by atoms with E-state index in [0.717, 1.165) is 5.69 Å². The molecule has 114 valence electrons. The molecule has 0 unspecified atom stereocenters. The van der Waals surface area contributed by atoms with Gasteiger partial charge in [-0.3, -0.25) is 9.89 Å². The Bertz CT molecular complexity index is 579. The molecule has 0 saturated carbocycles. The zero-order valence-electron chi connectivity index (χ0n) is 12.5. The summed E-state index contributed by atoms with van der Waals surface area (Å²) in [7, 11) is 0. The van der Waals surface area contributed by atoms with E-state index in [1.165, 1.54) is 0 Å². The van der Waals surface area contributed by atoms with E-state index in [1.54, 1.807) is 11.1 Å². The van der Waals surface area contributed by atoms with Crippen LogP contribution in [0.1, 0.15) is 49.7 Å². The number of ether oxygens (including phenoxy) is 1. The molecule has 0 aliphatic carbocycles. The maximum Gasteiger partial charge on any atom is 0.410 e. The Hall–Kier alpha value is -2.05. The Balaban J connectivity index is 1.69. The molecule has 7 heteroatoms. The van der Waals surface area contributed by atoms with Crippen LogP contribution in [0.3, 0.4) is 0 Å². The monoisotopic (exact) mass is 292 g/mol. The largest absolute Gasteiger partial charge is 0.444 e. The highest BCUT2D eigenvalue weighted by Gasteiger charge is 2.47. The molecule has 1 aromatic rings. The SMILES string of the molecule is CC(C)(C)OC(=O)N1CCC2(CC1)NC(=O)c1cn[nH]c12. The summed E-state index contributed by atoms with van der Waals surface area (Å²) in [6, 6.07) is 0. The Morgan fingerprint density at radius 2 is 2.05 bits per heavy atom. The number of fused-ring (bicyclic) bond motifs is 2. The van der Waals surface area contributed by atoms with Gasteiger partial charge in [0.2, 0.25) is 0 Å². The van der Waals surface area contributed by atoms with E-state index in [2.05, 4.69) is 15.5 Å². The number of piperidine rings is 1. The number of carbonyl (C=O) groups excluding carboxylic acids is 2. The molecule has 3 rings (SSSR count). The van der Waals surface area contributed by atoms with Gasteiger partial charge >= 0.3 is 6.09 Å². The fourth-order valence-corrected chi connectivity index (χ4v) is 2.94. The van der Waals surface area contributed by atoms with Gasteiger partial charge in [0.25, 0.3) is 5.91 Å². The van der Waals surface area contributed by atoms with Gasteiger partial charge in [-0.05, 0) is 33.6 Å². The van der Waals surface area contributed by atoms with Crippen molar-refractivity contribution in [1.29, 1.82) is 0 Å². The van der Waals surface area contributed by atoms with E-state index in [0.29, 0.717) is 31.5 Å². The lowest BCUT2D eigenvalue weighted by Crippen LogP contribution is -2.51. The van der Waals surface area contributed by atoms with Crippen molar-refractivity contribution in [3.05, 3.63) is 17.5 Å². The Morgan fingerprint density at radius 1 is 1.38 bits per heavy atom. The second-order valence-electron chi connectivity index (χ2n) is 6.66. The summed E-state index contributed by atoms with van der Waals surface area (Å²) in [4.78, 5) is 25.7. The molecular formula is C14H20N4O3. The van der Waals surface area contributed by atoms with E-state index >= 15 is 0 Å². The maximum absolute atomic E-state index is 12.1. The summed E-state index contributed by atoms with van der Waals surface area (Å²) >= 11 is 0. The Kier molecular flexibility index (Phi) is 2.96. The molecule has 1 aromatic heterocycles. The molecule has 1 spiro atoms. The minimum Gasteiger partial charge on any atom is -0.444 e. The number of aromatic amines is 1. The van der Waals surface area contributed by atoms with Crippen LogP contribution in [0, 0.1) is 0 Å². The average Bonchev–Trinajstić information content (AvgIpc) is 2.94. The highest BCUT2D eigenvalue weighted by atomic mass is 16.6. The lowest BCUT2D eigenvalue weighted by Gasteiger charge is -2.39. The van der Waals surface area contributed by atoms with E-state index < -0.39 is 11.1 Å². The lowest BCUT2D eigenvalue weighted by atomic mass is 9.86. The van der Waals surface area contributed by atoms with Gasteiger partial charge in [0, 0.05) is 13.1 Å². The number of nitrogens with zero attached hydrogens (tertiary/aromatic N) is 2. The summed E-state index contributed by atoms with van der Waals surface area (Å²) in [5.41, 5.74) is 0.545. The van der Waals surface area contributed by atoms with Gasteiger partial charge in [0.15, 0.2) is 0 Å². The number of amides is 2. The number of carbonyl (C=O) groups is 2. The van der Waals surface area contributed by atoms with Crippen LogP contribution in [-0.4, -0.2) is 45.8 Å². The van der Waals surface area contributed by atoms with Crippen LogP contribution in [0.25, 0.3) is 0 Å². The molecular weight excluding hydrogens is 272 g/mol. The molecule has 0 radical (unpaired) electrons. The number of hydrogen-bond acceptors (Lipinski definition) is 4. The highest BCUT2D eigenvalue weighted by molar-refractivity contribution is 5.99. The van der Waals surface area contributed by atoms with E-state index in [-0.39, 0.29) is 12.0 Å². The van der Waals surface area contributed by atoms with E-state index in [1.807, 2.05) is 20.8 Å². The maximum atomic E-state index is 12.1. The molecule has 0 bridgehead atoms. The first-order valence-electron chi connectivity index (χ1n) is 7.15. The Morgan fingerprint density at radius 3 is 2.67 bits per heavy atom. The van der Waals surface area contributed by atoms with Crippen LogP contribution in [0.4, 0.5) is 4.79 Å². The fourth-order valence-electron chi connectivity index (χ4n) is 2.94. The van der Waals surface area contributed by atoms with Crippen molar-refractivity contribution in [1.82, 2.24) is 20.4 Å². The molecule has 21 heavy (non-hydrogen) atoms. The van der Waals surface area contributed by atoms with Crippen molar-refractivity contribution < 1.29 is 14.3 Å². The number of rotatable bonds is 0. The topological polar surface area (TPSA) is 87.3 Å². The lowest BCUT2D eigenvalue weighted by molar-refractivity contribution is 0.0150. The minimum atomic E-state index is -0.496. The van der Waals surface area contributed by atoms with Gasteiger partial charge in [0.1, 0.15) is 5.60 Å². The van der Waals surface area contributed by atoms with Crippen molar-refractivity contribution in [2.75, 3.05) is 13.1 Å². The molecule has 2 N–H and O–H groups in total. The first-order chi connectivity index (χ1) is 9.81. The fraction of sp³-hybridized carbons (Fsp3) is 0.643. The van der Waals surface area contributed by atoms with Crippen molar-refractivity contribution in [3.8, 4) is 0 Å². The smallest absolute Gasteiger partial charge is 0.410 e. The molecule has 0 atom stereocenters. The number of nitrogens with one attached hydrogen (secondary N) is 2. The summed E-state index contributed by atoms with van der Waals surface area (Å²) < 4.78 is 5.38. The average molecular weight is 292 g/mol. The van der Waals surface area contributed by atoms with E-state index in [4.69, 9.17) is 4.74 Å². The molecule has 0 aromatic carbocycles. The third-order valence-electron chi connectivity index (χ3n) is 3.98. The molecule has 2 amide bonds. The number of hydrogen-bond donors (Lipinski definition) is 2. The summed E-state index contributed by atoms with van der Waals surface area (Å²) in [5, 5.41) is 9.91. The Labute approximate surface area is 123 Å². The van der Waals surface area contributed by atoms with Gasteiger partial charge in [-0.15, -0.1) is 0 Å². The molecule has 7 nitrogen and oxygen atoms in total. The summed E-state index contributed by atoms with van der Waals surface area (Å²) in [6.45, 7) is 6.65. The highest BCUT2D eigenvalue weighted by Crippen LogP contribution is 2.38. The predicted octanol–water partition coefficient (Wildman–Crippen LogP) is 1.38. The van der Waals surface area contributed by atoms with Crippen molar-refractivity contribution in [3.63, 3.8) is 0 Å². The first kappa shape index (κ1) is 13.9. The van der Waals surface area contributed by atoms with Gasteiger partial charge in [-0.25, -0.2) is 4.79 Å². The number of likely N-dealkylation sites (tertiary alicyclic amines) is 1. The van der Waals surface area contributed by atoms with Crippen LogP contribution >= 0.6 is 0 Å². The van der Waals surface area contributed by atoms with Crippen LogP contribution < -0.4 is 5.32 Å². The quantitative estimate of drug-likeness (QED) is 0.756. The number of H-pyrrole nitrogens is 1. The second-order valence-corrected chi connectivity index (χ2v) is 6.66. The first-order valence-corrected chi connectivity index (χ1v) is 7.15. The zero-order chi connectivity index (χ0) is 15.3. The summed E-state index contributed by atoms with van der Waals surface area (Å²) in [6.07, 6.45) is 2.58. The van der Waals surface area contributed by atoms with Crippen LogP contribution in [0.2, 0.25) is 0 Å². The van der Waals surface area contributed by atoms with Crippen molar-refractivity contribution in [2.24, 2.45) is 0 Å². The van der Waals surface area contributed by atoms with Crippen LogP contribution in [-0.2, 0) is 10.3 Å². The second kappa shape index (κ2) is 4.47. The molecule has 1 fully saturated rings. The standard InChI is InChI=1S/C14H20N4O3/c1-13(2,3)21-12(20)18-6-4-14(5-7-18)10-9(8-15-17-10)11(19)16-14/h8H,4-7H2,1-3H3,(H,15,17)(H,16,19). The van der Waals surface area contributed by atoms with Crippen molar-refractivity contribution in [2.45, 2.75) is 44.8 Å². The number of aromatic nitrogens is 2. The molecule has 2 aliphatic heterocycles. The molecule has 3 heterocycles. The van der Waals surface area contributed by atoms with Gasteiger partial charge < -0.3 is 15.0 Å². The minimum absolute atomic E-state index is 0.0931. The predicted molar refractivity (Wildman–Crippen MR) is 74.8 cm³/mol. The zero-order valence-corrected chi connectivity index (χ0v) is 12.5. The molecule has 1 saturated heterocycles. The molecule has 2 aliphatic rings. The third kappa shape index (κ3) is 2.36. The third-order valence-corrected chi connectivity index (χ3v) is 3.98. The van der Waals surface area contributed by atoms with Crippen LogP contribution in [0.15, 0.2) is 6.20 Å². The van der Waals surface area contributed by atoms with Gasteiger partial charge in [0.05, 0.1) is 23.0 Å².